The van der Waals surface area contributed by atoms with Crippen LogP contribution in [-0.4, -0.2) is 23.3 Å². The summed E-state index contributed by atoms with van der Waals surface area (Å²) in [5, 5.41) is 6.52. The molecular formula is C19H20N6O3. The Kier molecular flexibility index (Phi) is 4.16. The van der Waals surface area contributed by atoms with E-state index >= 15 is 0 Å². The largest absolute Gasteiger partial charge is 0.481 e. The van der Waals surface area contributed by atoms with E-state index in [0.717, 1.165) is 16.8 Å². The van der Waals surface area contributed by atoms with Crippen LogP contribution >= 0.6 is 0 Å². The maximum Gasteiger partial charge on any atom is 0.417 e. The monoisotopic (exact) mass is 380 g/mol. The summed E-state index contributed by atoms with van der Waals surface area (Å²) in [6.07, 6.45) is 3.34. The molecule has 28 heavy (non-hydrogen) atoms. The van der Waals surface area contributed by atoms with Crippen LogP contribution in [0, 0.1) is 6.92 Å². The second kappa shape index (κ2) is 6.54. The number of aliphatic imine (C=N–C) groups is 1. The summed E-state index contributed by atoms with van der Waals surface area (Å²) in [7, 11) is 1.57. The van der Waals surface area contributed by atoms with Crippen molar-refractivity contribution in [1.82, 2.24) is 15.3 Å². The molecule has 0 bridgehead atoms. The quantitative estimate of drug-likeness (QED) is 0.544. The number of nitrogens with one attached hydrogen (secondary N) is 3. The predicted octanol–water partition coefficient (Wildman–Crippen LogP) is 1.92. The number of hydrogen-bond donors (Lipinski definition) is 4. The zero-order valence-corrected chi connectivity index (χ0v) is 15.7. The van der Waals surface area contributed by atoms with Gasteiger partial charge in [0.25, 0.3) is 0 Å². The number of pyridine rings is 1. The molecule has 4 rings (SSSR count). The highest BCUT2D eigenvalue weighted by Crippen LogP contribution is 2.26. The third-order valence-corrected chi connectivity index (χ3v) is 4.52. The van der Waals surface area contributed by atoms with Crippen LogP contribution in [0.15, 0.2) is 56.1 Å². The predicted molar refractivity (Wildman–Crippen MR) is 106 cm³/mol. The van der Waals surface area contributed by atoms with Crippen molar-refractivity contribution in [3.63, 3.8) is 0 Å². The molecule has 1 unspecified atom stereocenters. The number of nitrogens with zero attached hydrogens (tertiary/aromatic N) is 2. The lowest BCUT2D eigenvalue weighted by molar-refractivity contribution is 0.380. The van der Waals surface area contributed by atoms with Crippen LogP contribution in [0.1, 0.15) is 18.1 Å². The fourth-order valence-electron chi connectivity index (χ4n) is 3.02. The normalized spacial score (nSPS) is 19.0. The van der Waals surface area contributed by atoms with E-state index in [2.05, 4.69) is 25.6 Å². The summed E-state index contributed by atoms with van der Waals surface area (Å²) < 4.78 is 10.2. The minimum absolute atomic E-state index is 0.492. The molecule has 0 amide bonds. The molecular weight excluding hydrogens is 360 g/mol. The van der Waals surface area contributed by atoms with Gasteiger partial charge in [-0.25, -0.2) is 14.8 Å². The van der Waals surface area contributed by atoms with Crippen molar-refractivity contribution in [2.75, 3.05) is 12.4 Å². The second-order valence-corrected chi connectivity index (χ2v) is 6.61. The van der Waals surface area contributed by atoms with Crippen LogP contribution in [0.2, 0.25) is 0 Å². The molecule has 2 aromatic heterocycles. The highest BCUT2D eigenvalue weighted by molar-refractivity contribution is 5.82. The van der Waals surface area contributed by atoms with E-state index in [0.29, 0.717) is 28.4 Å². The molecule has 0 saturated heterocycles. The smallest absolute Gasteiger partial charge is 0.417 e. The Morgan fingerprint density at radius 2 is 2.11 bits per heavy atom. The SMILES string of the molecule is COc1ncc(C2(N)N=CC(C)=C(Nc3ccc4oc(=O)[nH]c4c3)N2)cc1C. The second-order valence-electron chi connectivity index (χ2n) is 6.61. The van der Waals surface area contributed by atoms with Crippen molar-refractivity contribution in [3.8, 4) is 5.88 Å². The van der Waals surface area contributed by atoms with E-state index in [1.54, 1.807) is 31.7 Å². The highest BCUT2D eigenvalue weighted by atomic mass is 16.5. The molecule has 3 aromatic rings. The standard InChI is InChI=1S/C19H20N6O3/c1-10-6-12(9-21-17(10)27-3)19(20)22-8-11(2)16(25-19)23-13-4-5-15-14(7-13)24-18(26)28-15/h4-9,23,25H,20H2,1-3H3,(H,24,26). The summed E-state index contributed by atoms with van der Waals surface area (Å²) in [5.41, 5.74) is 10.8. The number of allylic oxidation sites excluding steroid dienone is 1. The van der Waals surface area contributed by atoms with Crippen molar-refractivity contribution in [2.24, 2.45) is 10.7 Å². The Hall–Kier alpha value is -3.59. The third kappa shape index (κ3) is 3.12. The molecule has 0 aliphatic carbocycles. The van der Waals surface area contributed by atoms with Crippen LogP contribution in [0.5, 0.6) is 5.88 Å². The fraction of sp³-hybridized carbons (Fsp3) is 0.211. The molecule has 9 heteroatoms. The van der Waals surface area contributed by atoms with Crippen LogP contribution < -0.4 is 26.9 Å². The van der Waals surface area contributed by atoms with E-state index in [-0.39, 0.29) is 0 Å². The lowest BCUT2D eigenvalue weighted by Crippen LogP contribution is -2.51. The number of aromatic amines is 1. The molecule has 1 aliphatic rings. The van der Waals surface area contributed by atoms with E-state index in [1.165, 1.54) is 0 Å². The van der Waals surface area contributed by atoms with Crippen LogP contribution in [0.3, 0.4) is 0 Å². The number of ether oxygens (including phenoxy) is 1. The van der Waals surface area contributed by atoms with Crippen molar-refractivity contribution >= 4 is 23.0 Å². The minimum atomic E-state index is -1.18. The first-order valence-electron chi connectivity index (χ1n) is 8.62. The maximum absolute atomic E-state index is 11.3. The Labute approximate surface area is 160 Å². The molecule has 5 N–H and O–H groups in total. The van der Waals surface area contributed by atoms with E-state index in [1.807, 2.05) is 26.0 Å². The Balaban J connectivity index is 1.63. The Morgan fingerprint density at radius 3 is 2.86 bits per heavy atom. The first-order valence-corrected chi connectivity index (χ1v) is 8.62. The number of aromatic nitrogens is 2. The zero-order chi connectivity index (χ0) is 19.9. The van der Waals surface area contributed by atoms with Gasteiger partial charge in [-0.15, -0.1) is 0 Å². The number of benzene rings is 1. The Morgan fingerprint density at radius 1 is 1.29 bits per heavy atom. The average molecular weight is 380 g/mol. The van der Waals surface area contributed by atoms with Gasteiger partial charge in [0, 0.05) is 34.8 Å². The molecule has 9 nitrogen and oxygen atoms in total. The minimum Gasteiger partial charge on any atom is -0.481 e. The summed E-state index contributed by atoms with van der Waals surface area (Å²) in [4.78, 5) is 22.7. The van der Waals surface area contributed by atoms with Crippen LogP contribution in [-0.2, 0) is 5.79 Å². The third-order valence-electron chi connectivity index (χ3n) is 4.52. The number of nitrogens with two attached hydrogens (primary N) is 1. The number of methoxy groups -OCH3 is 1. The lowest BCUT2D eigenvalue weighted by atomic mass is 10.1. The van der Waals surface area contributed by atoms with Crippen molar-refractivity contribution < 1.29 is 9.15 Å². The van der Waals surface area contributed by atoms with Crippen molar-refractivity contribution in [1.29, 1.82) is 0 Å². The molecule has 1 atom stereocenters. The van der Waals surface area contributed by atoms with Gasteiger partial charge in [-0.2, -0.15) is 0 Å². The molecule has 0 radical (unpaired) electrons. The van der Waals surface area contributed by atoms with Crippen molar-refractivity contribution in [2.45, 2.75) is 19.6 Å². The summed E-state index contributed by atoms with van der Waals surface area (Å²) >= 11 is 0. The first kappa shape index (κ1) is 17.8. The lowest BCUT2D eigenvalue weighted by Gasteiger charge is -2.33. The zero-order valence-electron chi connectivity index (χ0n) is 15.7. The summed E-state index contributed by atoms with van der Waals surface area (Å²) in [5.74, 6) is -0.440. The fourth-order valence-corrected chi connectivity index (χ4v) is 3.02. The molecule has 1 aliphatic heterocycles. The number of aryl methyl sites for hydroxylation is 1. The molecule has 0 fully saturated rings. The molecule has 0 spiro atoms. The first-order chi connectivity index (χ1) is 13.4. The molecule has 1 aromatic carbocycles. The van der Waals surface area contributed by atoms with Gasteiger partial charge in [0.1, 0.15) is 5.82 Å². The van der Waals surface area contributed by atoms with Gasteiger partial charge in [0.2, 0.25) is 11.7 Å². The van der Waals surface area contributed by atoms with Gasteiger partial charge in [0.05, 0.1) is 12.6 Å². The number of hydrogen-bond acceptors (Lipinski definition) is 8. The van der Waals surface area contributed by atoms with E-state index in [4.69, 9.17) is 14.9 Å². The summed E-state index contributed by atoms with van der Waals surface area (Å²) in [6.45, 7) is 3.81. The highest BCUT2D eigenvalue weighted by Gasteiger charge is 2.31. The number of anilines is 1. The number of oxazole rings is 1. The van der Waals surface area contributed by atoms with E-state index < -0.39 is 11.5 Å². The van der Waals surface area contributed by atoms with Gasteiger partial charge in [-0.3, -0.25) is 10.7 Å². The van der Waals surface area contributed by atoms with Gasteiger partial charge < -0.3 is 19.8 Å². The number of rotatable bonds is 4. The topological polar surface area (TPSA) is 131 Å². The molecule has 3 heterocycles. The Bertz CT molecular complexity index is 1180. The van der Waals surface area contributed by atoms with Gasteiger partial charge >= 0.3 is 5.76 Å². The van der Waals surface area contributed by atoms with Crippen molar-refractivity contribution in [3.05, 3.63) is 63.5 Å². The molecule has 144 valence electrons. The van der Waals surface area contributed by atoms with Gasteiger partial charge in [-0.1, -0.05) is 0 Å². The van der Waals surface area contributed by atoms with Gasteiger partial charge in [-0.05, 0) is 38.1 Å². The van der Waals surface area contributed by atoms with E-state index in [9.17, 15) is 4.79 Å². The maximum atomic E-state index is 11.3. The number of H-pyrrole nitrogens is 1. The average Bonchev–Trinajstić information content (AvgIpc) is 3.04. The van der Waals surface area contributed by atoms with Crippen LogP contribution in [0.4, 0.5) is 5.69 Å². The summed E-state index contributed by atoms with van der Waals surface area (Å²) in [6, 6.07) is 7.20. The molecule has 0 saturated carbocycles. The number of fused-ring (bicyclic) bond motifs is 1. The van der Waals surface area contributed by atoms with Gasteiger partial charge in [0.15, 0.2) is 5.58 Å². The van der Waals surface area contributed by atoms with Crippen LogP contribution in [0.25, 0.3) is 11.1 Å².